The summed E-state index contributed by atoms with van der Waals surface area (Å²) in [6.45, 7) is 1.79. The zero-order valence-corrected chi connectivity index (χ0v) is 21.5. The van der Waals surface area contributed by atoms with Gasteiger partial charge < -0.3 is 18.8 Å². The second-order valence-electron chi connectivity index (χ2n) is 8.63. The lowest BCUT2D eigenvalue weighted by molar-refractivity contribution is -0.120. The van der Waals surface area contributed by atoms with Gasteiger partial charge in [-0.25, -0.2) is 9.78 Å². The zero-order chi connectivity index (χ0) is 27.4. The van der Waals surface area contributed by atoms with E-state index in [1.165, 1.54) is 22.1 Å². The molecule has 1 amide bonds. The van der Waals surface area contributed by atoms with Crippen LogP contribution in [0.25, 0.3) is 27.5 Å². The van der Waals surface area contributed by atoms with Crippen LogP contribution in [0.5, 0.6) is 5.75 Å². The maximum Gasteiger partial charge on any atom is 0.341 e. The molecule has 0 aliphatic carbocycles. The Kier molecular flexibility index (Phi) is 7.46. The number of fused-ring (bicyclic) bond motifs is 3. The predicted molar refractivity (Wildman–Crippen MR) is 145 cm³/mol. The van der Waals surface area contributed by atoms with Crippen LogP contribution in [0.15, 0.2) is 82.7 Å². The lowest BCUT2D eigenvalue weighted by Crippen LogP contribution is -2.34. The lowest BCUT2D eigenvalue weighted by Gasteiger charge is -2.15. The number of amides is 1. The molecule has 0 saturated heterocycles. The molecular formula is C29H26N4O6. The number of ether oxygens (including phenoxy) is 3. The Morgan fingerprint density at radius 1 is 1.00 bits per heavy atom. The Bertz CT molecular complexity index is 1840. The standard InChI is InChI=1S/C29H26N4O6/c1-3-38-29(36)23-17-22-26(30-24-10-6-7-13-32(24)28(22)35)33(14-15-37-2)27(23)31-25(34)18-39-21-12-11-19-8-4-5-9-20(19)16-21/h4-13,16-17H,3,14-15,18H2,1-2H3. The molecule has 0 fully saturated rings. The van der Waals surface area contributed by atoms with Gasteiger partial charge in [-0.3, -0.25) is 14.0 Å². The Balaban J connectivity index is 1.63. The summed E-state index contributed by atoms with van der Waals surface area (Å²) in [4.78, 5) is 48.3. The quantitative estimate of drug-likeness (QED) is 0.225. The molecule has 5 rings (SSSR count). The Hall–Kier alpha value is -4.83. The van der Waals surface area contributed by atoms with Gasteiger partial charge in [0.15, 0.2) is 12.1 Å². The molecule has 5 aromatic rings. The third kappa shape index (κ3) is 5.27. The van der Waals surface area contributed by atoms with Crippen LogP contribution < -0.4 is 15.8 Å². The minimum atomic E-state index is -0.717. The van der Waals surface area contributed by atoms with Crippen LogP contribution in [-0.2, 0) is 20.8 Å². The number of benzene rings is 2. The first-order valence-electron chi connectivity index (χ1n) is 12.4. The molecule has 0 atom stereocenters. The van der Waals surface area contributed by atoms with Crippen LogP contribution >= 0.6 is 0 Å². The highest BCUT2D eigenvalue weighted by atomic mass is 16.5. The number of carbonyl (C=O) groups excluding carboxylic acids is 2. The number of hydrogen-bond acceptors (Lipinski definition) is 7. The summed E-state index contributed by atoms with van der Waals surface area (Å²) >= 11 is 0. The summed E-state index contributed by atoms with van der Waals surface area (Å²) in [6.07, 6.45) is 1.60. The molecule has 0 N–H and O–H groups in total. The summed E-state index contributed by atoms with van der Waals surface area (Å²) in [5, 5.41) is 2.20. The Morgan fingerprint density at radius 2 is 1.79 bits per heavy atom. The monoisotopic (exact) mass is 526 g/mol. The molecule has 2 aromatic carbocycles. The molecule has 0 spiro atoms. The van der Waals surface area contributed by atoms with Gasteiger partial charge in [0, 0.05) is 19.9 Å². The van der Waals surface area contributed by atoms with Gasteiger partial charge in [0.05, 0.1) is 18.6 Å². The van der Waals surface area contributed by atoms with Crippen LogP contribution in [0.1, 0.15) is 17.3 Å². The van der Waals surface area contributed by atoms with Gasteiger partial charge >= 0.3 is 5.97 Å². The van der Waals surface area contributed by atoms with Gasteiger partial charge in [0.2, 0.25) is 0 Å². The molecule has 0 bridgehead atoms. The van der Waals surface area contributed by atoms with Crippen LogP contribution in [0, 0.1) is 0 Å². The predicted octanol–water partition coefficient (Wildman–Crippen LogP) is 3.13. The van der Waals surface area contributed by atoms with Gasteiger partial charge in [-0.15, -0.1) is 0 Å². The highest BCUT2D eigenvalue weighted by molar-refractivity contribution is 5.94. The summed E-state index contributed by atoms with van der Waals surface area (Å²) in [5.41, 5.74) is 0.275. The topological polar surface area (TPSA) is 113 Å². The van der Waals surface area contributed by atoms with Crippen molar-refractivity contribution in [1.82, 2.24) is 14.0 Å². The van der Waals surface area contributed by atoms with E-state index in [1.807, 2.05) is 36.4 Å². The van der Waals surface area contributed by atoms with Crippen molar-refractivity contribution in [2.75, 3.05) is 26.9 Å². The maximum absolute atomic E-state index is 13.3. The van der Waals surface area contributed by atoms with E-state index in [4.69, 9.17) is 14.2 Å². The number of rotatable bonds is 8. The van der Waals surface area contributed by atoms with E-state index in [0.29, 0.717) is 11.4 Å². The number of pyridine rings is 2. The Morgan fingerprint density at radius 3 is 2.59 bits per heavy atom. The molecule has 3 aromatic heterocycles. The normalized spacial score (nSPS) is 11.8. The molecule has 10 heteroatoms. The van der Waals surface area contributed by atoms with Crippen molar-refractivity contribution in [3.63, 3.8) is 0 Å². The average molecular weight is 527 g/mol. The molecule has 0 aliphatic heterocycles. The molecule has 0 aliphatic rings. The number of methoxy groups -OCH3 is 1. The molecule has 39 heavy (non-hydrogen) atoms. The van der Waals surface area contributed by atoms with Crippen molar-refractivity contribution in [3.8, 4) is 5.75 Å². The summed E-state index contributed by atoms with van der Waals surface area (Å²) in [6, 6.07) is 19.9. The summed E-state index contributed by atoms with van der Waals surface area (Å²) in [7, 11) is 1.52. The van der Waals surface area contributed by atoms with E-state index in [-0.39, 0.29) is 54.0 Å². The third-order valence-corrected chi connectivity index (χ3v) is 6.12. The molecule has 0 unspecified atom stereocenters. The van der Waals surface area contributed by atoms with Crippen molar-refractivity contribution in [2.24, 2.45) is 4.99 Å². The van der Waals surface area contributed by atoms with Crippen LogP contribution in [-0.4, -0.2) is 52.8 Å². The van der Waals surface area contributed by atoms with Crippen LogP contribution in [0.4, 0.5) is 0 Å². The van der Waals surface area contributed by atoms with Crippen LogP contribution in [0.2, 0.25) is 0 Å². The van der Waals surface area contributed by atoms with Crippen LogP contribution in [0.3, 0.4) is 0 Å². The van der Waals surface area contributed by atoms with E-state index in [2.05, 4.69) is 9.98 Å². The van der Waals surface area contributed by atoms with Crippen molar-refractivity contribution < 1.29 is 23.8 Å². The van der Waals surface area contributed by atoms with Crippen molar-refractivity contribution in [3.05, 3.63) is 94.3 Å². The second-order valence-corrected chi connectivity index (χ2v) is 8.63. The first kappa shape index (κ1) is 25.8. The molecule has 10 nitrogen and oxygen atoms in total. The summed E-state index contributed by atoms with van der Waals surface area (Å²) < 4.78 is 19.1. The van der Waals surface area contributed by atoms with Gasteiger partial charge in [0.25, 0.3) is 11.5 Å². The highest BCUT2D eigenvalue weighted by Gasteiger charge is 2.20. The number of aromatic nitrogens is 3. The molecule has 198 valence electrons. The first-order chi connectivity index (χ1) is 19.0. The van der Waals surface area contributed by atoms with Crippen molar-refractivity contribution in [1.29, 1.82) is 0 Å². The third-order valence-electron chi connectivity index (χ3n) is 6.12. The molecule has 0 saturated carbocycles. The lowest BCUT2D eigenvalue weighted by atomic mass is 10.1. The van der Waals surface area contributed by atoms with E-state index >= 15 is 0 Å². The highest BCUT2D eigenvalue weighted by Crippen LogP contribution is 2.20. The Labute approximate surface area is 222 Å². The smallest absolute Gasteiger partial charge is 0.341 e. The summed E-state index contributed by atoms with van der Waals surface area (Å²) in [5.74, 6) is -0.836. The van der Waals surface area contributed by atoms with Crippen molar-refractivity contribution in [2.45, 2.75) is 13.5 Å². The van der Waals surface area contributed by atoms with E-state index in [9.17, 15) is 14.4 Å². The molecule has 0 radical (unpaired) electrons. The molecular weight excluding hydrogens is 500 g/mol. The van der Waals surface area contributed by atoms with E-state index in [0.717, 1.165) is 10.8 Å². The molecule has 3 heterocycles. The zero-order valence-electron chi connectivity index (χ0n) is 21.5. The number of nitrogens with zero attached hydrogens (tertiary/aromatic N) is 4. The van der Waals surface area contributed by atoms with E-state index < -0.39 is 11.9 Å². The van der Waals surface area contributed by atoms with Crippen molar-refractivity contribution >= 4 is 39.3 Å². The number of hydrogen-bond donors (Lipinski definition) is 0. The van der Waals surface area contributed by atoms with Gasteiger partial charge in [-0.1, -0.05) is 36.4 Å². The first-order valence-corrected chi connectivity index (χ1v) is 12.4. The minimum Gasteiger partial charge on any atom is -0.484 e. The minimum absolute atomic E-state index is 0.0114. The fourth-order valence-electron chi connectivity index (χ4n) is 4.30. The second kappa shape index (κ2) is 11.3. The SMILES string of the molecule is CCOC(=O)c1cc2c(=O)n3ccccc3nc2n(CCOC)c1=NC(=O)COc1ccc2ccccc2c1. The largest absolute Gasteiger partial charge is 0.484 e. The number of esters is 1. The van der Waals surface area contributed by atoms with Gasteiger partial charge in [-0.2, -0.15) is 4.99 Å². The fraction of sp³-hybridized carbons (Fsp3) is 0.207. The fourth-order valence-corrected chi connectivity index (χ4v) is 4.30. The number of carbonyl (C=O) groups is 2. The van der Waals surface area contributed by atoms with Gasteiger partial charge in [-0.05, 0) is 48.0 Å². The van der Waals surface area contributed by atoms with Gasteiger partial charge in [0.1, 0.15) is 22.6 Å². The maximum atomic E-state index is 13.3. The average Bonchev–Trinajstić information content (AvgIpc) is 2.95. The van der Waals surface area contributed by atoms with E-state index in [1.54, 1.807) is 37.4 Å².